The first-order chi connectivity index (χ1) is 11.2. The third kappa shape index (κ3) is 5.66. The molecule has 0 aliphatic carbocycles. The zero-order chi connectivity index (χ0) is 16.5. The van der Waals surface area contributed by atoms with Crippen LogP contribution in [0, 0.1) is 6.92 Å². The predicted octanol–water partition coefficient (Wildman–Crippen LogP) is 3.13. The highest BCUT2D eigenvalue weighted by Crippen LogP contribution is 2.25. The zero-order valence-corrected chi connectivity index (χ0v) is 13.7. The highest BCUT2D eigenvalue weighted by molar-refractivity contribution is 5.77. The van der Waals surface area contributed by atoms with Gasteiger partial charge in [0.25, 0.3) is 5.91 Å². The van der Waals surface area contributed by atoms with Crippen molar-refractivity contribution < 1.29 is 14.3 Å². The van der Waals surface area contributed by atoms with Crippen molar-refractivity contribution in [3.8, 4) is 11.5 Å². The summed E-state index contributed by atoms with van der Waals surface area (Å²) < 4.78 is 10.7. The van der Waals surface area contributed by atoms with Gasteiger partial charge in [-0.05, 0) is 37.5 Å². The molecule has 23 heavy (non-hydrogen) atoms. The van der Waals surface area contributed by atoms with Gasteiger partial charge in [-0.25, -0.2) is 0 Å². The van der Waals surface area contributed by atoms with E-state index in [1.807, 2.05) is 12.1 Å². The number of hydrogen-bond acceptors (Lipinski definition) is 3. The Morgan fingerprint density at radius 1 is 1.04 bits per heavy atom. The minimum absolute atomic E-state index is 0.00902. The summed E-state index contributed by atoms with van der Waals surface area (Å²) in [7, 11) is 1.58. The largest absolute Gasteiger partial charge is 0.493 e. The molecule has 2 aromatic carbocycles. The number of ether oxygens (including phenoxy) is 2. The smallest absolute Gasteiger partial charge is 0.257 e. The van der Waals surface area contributed by atoms with Gasteiger partial charge in [-0.2, -0.15) is 0 Å². The quantitative estimate of drug-likeness (QED) is 0.762. The van der Waals surface area contributed by atoms with E-state index in [-0.39, 0.29) is 12.5 Å². The summed E-state index contributed by atoms with van der Waals surface area (Å²) in [5.74, 6) is 1.07. The van der Waals surface area contributed by atoms with Crippen LogP contribution in [0.3, 0.4) is 0 Å². The molecule has 0 spiro atoms. The van der Waals surface area contributed by atoms with Crippen LogP contribution in [0.2, 0.25) is 0 Å². The van der Waals surface area contributed by atoms with Crippen LogP contribution in [0.4, 0.5) is 0 Å². The second kappa shape index (κ2) is 8.83. The Hall–Kier alpha value is -2.49. The van der Waals surface area contributed by atoms with Crippen molar-refractivity contribution in [1.29, 1.82) is 0 Å². The summed E-state index contributed by atoms with van der Waals surface area (Å²) in [6, 6.07) is 15.8. The molecular weight excluding hydrogens is 290 g/mol. The van der Waals surface area contributed by atoms with E-state index < -0.39 is 0 Å². The lowest BCUT2D eigenvalue weighted by atomic mass is 10.1. The summed E-state index contributed by atoms with van der Waals surface area (Å²) in [4.78, 5) is 11.8. The molecule has 0 heterocycles. The minimum atomic E-state index is -0.125. The Balaban J connectivity index is 1.66. The Morgan fingerprint density at radius 3 is 2.43 bits per heavy atom. The number of aryl methyl sites for hydroxylation is 2. The molecule has 2 rings (SSSR count). The number of carbonyl (C=O) groups is 1. The summed E-state index contributed by atoms with van der Waals surface area (Å²) in [6.45, 7) is 2.71. The van der Waals surface area contributed by atoms with Crippen LogP contribution in [0.1, 0.15) is 17.5 Å². The molecule has 4 nitrogen and oxygen atoms in total. The maximum absolute atomic E-state index is 11.8. The van der Waals surface area contributed by atoms with Crippen LogP contribution in [0.15, 0.2) is 48.5 Å². The second-order valence-electron chi connectivity index (χ2n) is 5.38. The highest BCUT2D eigenvalue weighted by atomic mass is 16.5. The molecule has 0 aliphatic heterocycles. The topological polar surface area (TPSA) is 47.6 Å². The third-order valence-electron chi connectivity index (χ3n) is 3.51. The van der Waals surface area contributed by atoms with Gasteiger partial charge in [0.05, 0.1) is 7.11 Å². The van der Waals surface area contributed by atoms with Gasteiger partial charge in [0.2, 0.25) is 0 Å². The predicted molar refractivity (Wildman–Crippen MR) is 91.0 cm³/mol. The van der Waals surface area contributed by atoms with Gasteiger partial charge in [0.15, 0.2) is 18.1 Å². The van der Waals surface area contributed by atoms with Crippen molar-refractivity contribution in [2.75, 3.05) is 20.3 Å². The Bertz CT molecular complexity index is 623. The number of nitrogens with one attached hydrogen (secondary N) is 1. The lowest BCUT2D eigenvalue weighted by Gasteiger charge is -2.10. The Morgan fingerprint density at radius 2 is 1.74 bits per heavy atom. The van der Waals surface area contributed by atoms with E-state index in [1.54, 1.807) is 19.2 Å². The zero-order valence-electron chi connectivity index (χ0n) is 13.7. The molecule has 122 valence electrons. The molecule has 0 atom stereocenters. The first kappa shape index (κ1) is 16.9. The van der Waals surface area contributed by atoms with Gasteiger partial charge in [-0.1, -0.05) is 42.0 Å². The van der Waals surface area contributed by atoms with Crippen molar-refractivity contribution >= 4 is 5.91 Å². The molecule has 0 aromatic heterocycles. The van der Waals surface area contributed by atoms with Crippen molar-refractivity contribution in [3.63, 3.8) is 0 Å². The molecule has 2 aromatic rings. The molecule has 0 radical (unpaired) electrons. The van der Waals surface area contributed by atoms with Crippen molar-refractivity contribution in [2.24, 2.45) is 0 Å². The molecule has 4 heteroatoms. The fourth-order valence-corrected chi connectivity index (χ4v) is 2.21. The van der Waals surface area contributed by atoms with E-state index >= 15 is 0 Å². The first-order valence-electron chi connectivity index (χ1n) is 7.77. The van der Waals surface area contributed by atoms with Gasteiger partial charge in [-0.3, -0.25) is 4.79 Å². The van der Waals surface area contributed by atoms with E-state index in [9.17, 15) is 4.79 Å². The SMILES string of the molecule is COc1ccccc1OCC(=O)NCCCc1ccc(C)cc1. The van der Waals surface area contributed by atoms with Crippen molar-refractivity contribution in [1.82, 2.24) is 5.32 Å². The number of carbonyl (C=O) groups excluding carboxylic acids is 1. The third-order valence-corrected chi connectivity index (χ3v) is 3.51. The number of methoxy groups -OCH3 is 1. The minimum Gasteiger partial charge on any atom is -0.493 e. The maximum atomic E-state index is 11.8. The van der Waals surface area contributed by atoms with Gasteiger partial charge in [-0.15, -0.1) is 0 Å². The number of benzene rings is 2. The standard InChI is InChI=1S/C19H23NO3/c1-15-9-11-16(12-10-15)6-5-13-20-19(21)14-23-18-8-4-3-7-17(18)22-2/h3-4,7-12H,5-6,13-14H2,1-2H3,(H,20,21). The lowest BCUT2D eigenvalue weighted by molar-refractivity contribution is -0.123. The summed E-state index contributed by atoms with van der Waals surface area (Å²) in [6.07, 6.45) is 1.86. The number of rotatable bonds is 8. The van der Waals surface area contributed by atoms with Crippen LogP contribution in [0.5, 0.6) is 11.5 Å². The fraction of sp³-hybridized carbons (Fsp3) is 0.316. The maximum Gasteiger partial charge on any atom is 0.257 e. The van der Waals surface area contributed by atoms with E-state index in [4.69, 9.17) is 9.47 Å². The van der Waals surface area contributed by atoms with Crippen LogP contribution in [-0.2, 0) is 11.2 Å². The molecular formula is C19H23NO3. The van der Waals surface area contributed by atoms with Gasteiger partial charge >= 0.3 is 0 Å². The van der Waals surface area contributed by atoms with Crippen LogP contribution >= 0.6 is 0 Å². The van der Waals surface area contributed by atoms with Gasteiger partial charge in [0, 0.05) is 6.54 Å². The van der Waals surface area contributed by atoms with Crippen LogP contribution in [0.25, 0.3) is 0 Å². The molecule has 0 saturated heterocycles. The summed E-state index contributed by atoms with van der Waals surface area (Å²) in [5.41, 5.74) is 2.55. The summed E-state index contributed by atoms with van der Waals surface area (Å²) in [5, 5.41) is 2.87. The number of amides is 1. The normalized spacial score (nSPS) is 10.2. The summed E-state index contributed by atoms with van der Waals surface area (Å²) >= 11 is 0. The molecule has 1 amide bonds. The molecule has 1 N–H and O–H groups in total. The van der Waals surface area contributed by atoms with Crippen LogP contribution in [-0.4, -0.2) is 26.2 Å². The average Bonchev–Trinajstić information content (AvgIpc) is 2.58. The Labute approximate surface area is 137 Å². The van der Waals surface area contributed by atoms with E-state index in [0.29, 0.717) is 18.0 Å². The molecule has 0 fully saturated rings. The Kier molecular flexibility index (Phi) is 6.48. The van der Waals surface area contributed by atoms with Crippen molar-refractivity contribution in [3.05, 3.63) is 59.7 Å². The van der Waals surface area contributed by atoms with E-state index in [2.05, 4.69) is 36.5 Å². The first-order valence-corrected chi connectivity index (χ1v) is 7.77. The van der Waals surface area contributed by atoms with Gasteiger partial charge in [0.1, 0.15) is 0 Å². The number of hydrogen-bond donors (Lipinski definition) is 1. The fourth-order valence-electron chi connectivity index (χ4n) is 2.21. The van der Waals surface area contributed by atoms with E-state index in [1.165, 1.54) is 11.1 Å². The van der Waals surface area contributed by atoms with Crippen molar-refractivity contribution in [2.45, 2.75) is 19.8 Å². The highest BCUT2D eigenvalue weighted by Gasteiger charge is 2.06. The lowest BCUT2D eigenvalue weighted by Crippen LogP contribution is -2.30. The van der Waals surface area contributed by atoms with E-state index in [0.717, 1.165) is 12.8 Å². The second-order valence-corrected chi connectivity index (χ2v) is 5.38. The average molecular weight is 313 g/mol. The van der Waals surface area contributed by atoms with Crippen LogP contribution < -0.4 is 14.8 Å². The molecule has 0 bridgehead atoms. The monoisotopic (exact) mass is 313 g/mol. The van der Waals surface area contributed by atoms with Gasteiger partial charge < -0.3 is 14.8 Å². The molecule has 0 saturated carbocycles. The molecule has 0 unspecified atom stereocenters. The number of para-hydroxylation sites is 2. The molecule has 0 aliphatic rings.